The Kier molecular flexibility index (Phi) is 7.19. The lowest BCUT2D eigenvalue weighted by Gasteiger charge is -2.34. The monoisotopic (exact) mass is 463 g/mol. The Labute approximate surface area is 200 Å². The molecule has 0 bridgehead atoms. The Morgan fingerprint density at radius 3 is 2.82 bits per heavy atom. The van der Waals surface area contributed by atoms with Crippen LogP contribution in [-0.4, -0.2) is 60.2 Å². The largest absolute Gasteiger partial charge is 0.497 e. The maximum atomic E-state index is 13.3. The number of aliphatic hydroxyl groups is 1. The first kappa shape index (κ1) is 23.8. The SMILES string of the molecule is COc1cc(-c2cnn(C)c2)cc([C@@H](C)NC(=O)c2cc(N3CCNC(CO)C3)ccc2C)c1. The number of aryl methyl sites for hydroxylation is 2. The minimum Gasteiger partial charge on any atom is -0.497 e. The number of ether oxygens (including phenoxy) is 1. The van der Waals surface area contributed by atoms with Gasteiger partial charge in [0.05, 0.1) is 26.0 Å². The van der Waals surface area contributed by atoms with Crippen LogP contribution in [0.25, 0.3) is 11.1 Å². The molecule has 0 radical (unpaired) electrons. The summed E-state index contributed by atoms with van der Waals surface area (Å²) in [5.74, 6) is 0.610. The number of anilines is 1. The molecule has 8 nitrogen and oxygen atoms in total. The van der Waals surface area contributed by atoms with E-state index in [0.29, 0.717) is 12.1 Å². The van der Waals surface area contributed by atoms with Crippen LogP contribution in [0.15, 0.2) is 48.8 Å². The molecule has 1 amide bonds. The molecule has 34 heavy (non-hydrogen) atoms. The second kappa shape index (κ2) is 10.3. The van der Waals surface area contributed by atoms with E-state index in [9.17, 15) is 9.90 Å². The summed E-state index contributed by atoms with van der Waals surface area (Å²) in [6.45, 7) is 6.35. The number of aliphatic hydroxyl groups excluding tert-OH is 1. The lowest BCUT2D eigenvalue weighted by molar-refractivity contribution is 0.0939. The quantitative estimate of drug-likeness (QED) is 0.499. The van der Waals surface area contributed by atoms with Crippen LogP contribution in [0.4, 0.5) is 5.69 Å². The summed E-state index contributed by atoms with van der Waals surface area (Å²) < 4.78 is 7.28. The fourth-order valence-electron chi connectivity index (χ4n) is 4.32. The number of benzene rings is 2. The van der Waals surface area contributed by atoms with Crippen LogP contribution in [0.3, 0.4) is 0 Å². The second-order valence-corrected chi connectivity index (χ2v) is 8.87. The van der Waals surface area contributed by atoms with Gasteiger partial charge in [-0.05, 0) is 60.9 Å². The third kappa shape index (κ3) is 5.24. The van der Waals surface area contributed by atoms with Crippen molar-refractivity contribution in [2.75, 3.05) is 38.3 Å². The molecule has 2 aromatic carbocycles. The second-order valence-electron chi connectivity index (χ2n) is 8.87. The Hall–Kier alpha value is -3.36. The number of hydrogen-bond acceptors (Lipinski definition) is 6. The smallest absolute Gasteiger partial charge is 0.252 e. The predicted molar refractivity (Wildman–Crippen MR) is 133 cm³/mol. The zero-order chi connectivity index (χ0) is 24.2. The van der Waals surface area contributed by atoms with Gasteiger partial charge in [0.1, 0.15) is 5.75 Å². The van der Waals surface area contributed by atoms with Crippen LogP contribution >= 0.6 is 0 Å². The first-order valence-electron chi connectivity index (χ1n) is 11.6. The van der Waals surface area contributed by atoms with E-state index in [0.717, 1.165) is 46.8 Å². The number of nitrogens with zero attached hydrogens (tertiary/aromatic N) is 3. The molecule has 2 heterocycles. The Morgan fingerprint density at radius 1 is 1.29 bits per heavy atom. The fourth-order valence-corrected chi connectivity index (χ4v) is 4.32. The van der Waals surface area contributed by atoms with Crippen molar-refractivity contribution in [3.8, 4) is 16.9 Å². The zero-order valence-electron chi connectivity index (χ0n) is 20.2. The minimum absolute atomic E-state index is 0.0365. The van der Waals surface area contributed by atoms with Crippen LogP contribution in [0.2, 0.25) is 0 Å². The summed E-state index contributed by atoms with van der Waals surface area (Å²) in [5.41, 5.74) is 5.49. The minimum atomic E-state index is -0.223. The predicted octanol–water partition coefficient (Wildman–Crippen LogP) is 2.67. The van der Waals surface area contributed by atoms with Crippen molar-refractivity contribution in [2.45, 2.75) is 25.9 Å². The molecule has 1 aromatic heterocycles. The van der Waals surface area contributed by atoms with Crippen LogP contribution in [0.5, 0.6) is 5.75 Å². The van der Waals surface area contributed by atoms with Crippen molar-refractivity contribution in [1.82, 2.24) is 20.4 Å². The molecule has 3 N–H and O–H groups in total. The highest BCUT2D eigenvalue weighted by Crippen LogP contribution is 2.29. The standard InChI is InChI=1S/C26H33N5O3/c1-17-5-6-23(31-8-7-27-22(15-31)16-32)12-25(17)26(33)29-18(2)19-9-20(11-24(10-19)34-4)21-13-28-30(3)14-21/h5-6,9-14,18,22,27,32H,7-8,15-16H2,1-4H3,(H,29,33)/t18-,22?/m1/s1. The van der Waals surface area contributed by atoms with Crippen molar-refractivity contribution in [1.29, 1.82) is 0 Å². The van der Waals surface area contributed by atoms with E-state index >= 15 is 0 Å². The molecule has 180 valence electrons. The Bertz CT molecular complexity index is 1160. The Morgan fingerprint density at radius 2 is 2.12 bits per heavy atom. The average Bonchev–Trinajstić information content (AvgIpc) is 3.30. The molecule has 1 saturated heterocycles. The van der Waals surface area contributed by atoms with Gasteiger partial charge in [0, 0.05) is 55.7 Å². The van der Waals surface area contributed by atoms with Crippen molar-refractivity contribution >= 4 is 11.6 Å². The molecule has 1 fully saturated rings. The molecule has 0 saturated carbocycles. The third-order valence-electron chi connectivity index (χ3n) is 6.36. The zero-order valence-corrected chi connectivity index (χ0v) is 20.2. The maximum absolute atomic E-state index is 13.3. The molecule has 4 rings (SSSR count). The van der Waals surface area contributed by atoms with Gasteiger partial charge in [0.15, 0.2) is 0 Å². The molecule has 3 aromatic rings. The molecule has 1 aliphatic heterocycles. The normalized spacial score (nSPS) is 16.9. The number of carbonyl (C=O) groups is 1. The summed E-state index contributed by atoms with van der Waals surface area (Å²) in [6, 6.07) is 11.8. The summed E-state index contributed by atoms with van der Waals surface area (Å²) in [7, 11) is 3.52. The molecule has 0 spiro atoms. The number of aromatic nitrogens is 2. The topological polar surface area (TPSA) is 91.7 Å². The maximum Gasteiger partial charge on any atom is 0.252 e. The highest BCUT2D eigenvalue weighted by Gasteiger charge is 2.21. The number of amides is 1. The van der Waals surface area contributed by atoms with Gasteiger partial charge >= 0.3 is 0 Å². The number of hydrogen-bond donors (Lipinski definition) is 3. The highest BCUT2D eigenvalue weighted by atomic mass is 16.5. The number of nitrogens with one attached hydrogen (secondary N) is 2. The van der Waals surface area contributed by atoms with Gasteiger partial charge < -0.3 is 25.4 Å². The van der Waals surface area contributed by atoms with E-state index in [-0.39, 0.29) is 24.6 Å². The lowest BCUT2D eigenvalue weighted by atomic mass is 10.0. The van der Waals surface area contributed by atoms with Gasteiger partial charge in [0.25, 0.3) is 5.91 Å². The van der Waals surface area contributed by atoms with Crippen molar-refractivity contribution in [3.05, 3.63) is 65.5 Å². The lowest BCUT2D eigenvalue weighted by Crippen LogP contribution is -2.52. The number of piperazine rings is 1. The molecule has 2 atom stereocenters. The summed E-state index contributed by atoms with van der Waals surface area (Å²) in [4.78, 5) is 15.5. The highest BCUT2D eigenvalue weighted by molar-refractivity contribution is 5.97. The first-order valence-corrected chi connectivity index (χ1v) is 11.6. The van der Waals surface area contributed by atoms with Gasteiger partial charge in [-0.15, -0.1) is 0 Å². The van der Waals surface area contributed by atoms with Crippen molar-refractivity contribution in [2.24, 2.45) is 7.05 Å². The summed E-state index contributed by atoms with van der Waals surface area (Å²) in [5, 5.41) is 20.2. The van der Waals surface area contributed by atoms with Crippen LogP contribution in [0.1, 0.15) is 34.5 Å². The molecule has 1 aliphatic rings. The van der Waals surface area contributed by atoms with Gasteiger partial charge in [0.2, 0.25) is 0 Å². The summed E-state index contributed by atoms with van der Waals surface area (Å²) in [6.07, 6.45) is 3.77. The molecular weight excluding hydrogens is 430 g/mol. The molecule has 8 heteroatoms. The van der Waals surface area contributed by atoms with E-state index in [2.05, 4.69) is 26.7 Å². The molecule has 1 unspecified atom stereocenters. The number of rotatable bonds is 7. The van der Waals surface area contributed by atoms with Gasteiger partial charge in [-0.2, -0.15) is 5.10 Å². The van der Waals surface area contributed by atoms with Gasteiger partial charge in [-0.3, -0.25) is 9.48 Å². The summed E-state index contributed by atoms with van der Waals surface area (Å²) >= 11 is 0. The molecule has 0 aliphatic carbocycles. The fraction of sp³-hybridized carbons (Fsp3) is 0.385. The van der Waals surface area contributed by atoms with E-state index in [1.54, 1.807) is 11.8 Å². The Balaban J connectivity index is 1.55. The number of carbonyl (C=O) groups excluding carboxylic acids is 1. The third-order valence-corrected chi connectivity index (χ3v) is 6.36. The van der Waals surface area contributed by atoms with E-state index < -0.39 is 0 Å². The van der Waals surface area contributed by atoms with Crippen molar-refractivity contribution < 1.29 is 14.6 Å². The van der Waals surface area contributed by atoms with E-state index in [1.165, 1.54) is 0 Å². The first-order chi connectivity index (χ1) is 16.4. The molecular formula is C26H33N5O3. The van der Waals surface area contributed by atoms with E-state index in [4.69, 9.17) is 4.74 Å². The van der Waals surface area contributed by atoms with Crippen molar-refractivity contribution in [3.63, 3.8) is 0 Å². The van der Waals surface area contributed by atoms with E-state index in [1.807, 2.05) is 63.6 Å². The van der Waals surface area contributed by atoms with Crippen LogP contribution in [0, 0.1) is 6.92 Å². The average molecular weight is 464 g/mol. The van der Waals surface area contributed by atoms with Crippen LogP contribution in [-0.2, 0) is 7.05 Å². The van der Waals surface area contributed by atoms with Gasteiger partial charge in [-0.1, -0.05) is 6.07 Å². The number of methoxy groups -OCH3 is 1. The van der Waals surface area contributed by atoms with Gasteiger partial charge in [-0.25, -0.2) is 0 Å². The van der Waals surface area contributed by atoms with Crippen LogP contribution < -0.4 is 20.3 Å².